The second-order valence-corrected chi connectivity index (χ2v) is 8.10. The van der Waals surface area contributed by atoms with Crippen LogP contribution >= 0.6 is 25.7 Å². The molecule has 0 bridgehead atoms. The van der Waals surface area contributed by atoms with E-state index in [1.807, 2.05) is 76.2 Å². The molecule has 12 heteroatoms. The van der Waals surface area contributed by atoms with E-state index in [0.29, 0.717) is 17.9 Å². The number of hydrogen-bond acceptors (Lipinski definition) is 10. The van der Waals surface area contributed by atoms with Crippen LogP contribution in [0.1, 0.15) is 49.9 Å². The zero-order valence-corrected chi connectivity index (χ0v) is 24.2. The van der Waals surface area contributed by atoms with Gasteiger partial charge in [-0.1, -0.05) is 81.4 Å². The van der Waals surface area contributed by atoms with E-state index in [1.54, 1.807) is 6.07 Å². The van der Waals surface area contributed by atoms with Gasteiger partial charge in [0.05, 0.1) is 11.4 Å². The number of nitrogens with zero attached hydrogens (tertiary/aromatic N) is 5. The van der Waals surface area contributed by atoms with Crippen LogP contribution < -0.4 is 5.73 Å². The third-order valence-electron chi connectivity index (χ3n) is 4.18. The van der Waals surface area contributed by atoms with Crippen molar-refractivity contribution in [3.8, 4) is 6.07 Å². The Bertz CT molecular complexity index is 1200. The van der Waals surface area contributed by atoms with Crippen molar-refractivity contribution < 1.29 is 19.4 Å². The van der Waals surface area contributed by atoms with Gasteiger partial charge in [0.1, 0.15) is 44.2 Å². The van der Waals surface area contributed by atoms with Crippen molar-refractivity contribution in [1.82, 2.24) is 0 Å². The van der Waals surface area contributed by atoms with Crippen molar-refractivity contribution in [3.05, 3.63) is 70.8 Å². The fourth-order valence-electron chi connectivity index (χ4n) is 2.76. The molecule has 0 heterocycles. The van der Waals surface area contributed by atoms with E-state index in [-0.39, 0.29) is 30.8 Å². The minimum Gasteiger partial charge on any atom is -0.399 e. The molecule has 10 nitrogen and oxygen atoms in total. The van der Waals surface area contributed by atoms with Gasteiger partial charge in [0.25, 0.3) is 0 Å². The van der Waals surface area contributed by atoms with Crippen molar-refractivity contribution >= 4 is 53.5 Å². The summed E-state index contributed by atoms with van der Waals surface area (Å²) in [4.78, 5) is 20.0. The third kappa shape index (κ3) is 12.3. The summed E-state index contributed by atoms with van der Waals surface area (Å²) >= 11 is 4.98. The Morgan fingerprint density at radius 1 is 0.789 bits per heavy atom. The smallest absolute Gasteiger partial charge is 0.187 e. The summed E-state index contributed by atoms with van der Waals surface area (Å²) in [5.74, 6) is 0. The van der Waals surface area contributed by atoms with Gasteiger partial charge in [-0.2, -0.15) is 18.8 Å². The Morgan fingerprint density at radius 2 is 1.24 bits per heavy atom. The van der Waals surface area contributed by atoms with Gasteiger partial charge < -0.3 is 25.1 Å². The monoisotopic (exact) mass is 558 g/mol. The molecule has 0 atom stereocenters. The normalized spacial score (nSPS) is 10.3. The van der Waals surface area contributed by atoms with E-state index in [9.17, 15) is 0 Å². The summed E-state index contributed by atoms with van der Waals surface area (Å²) < 4.78 is 0. The van der Waals surface area contributed by atoms with E-state index in [0.717, 1.165) is 28.1 Å². The maximum atomic E-state index is 9.02. The van der Waals surface area contributed by atoms with Crippen LogP contribution in [-0.2, 0) is 32.6 Å². The van der Waals surface area contributed by atoms with Crippen LogP contribution in [0.25, 0.3) is 0 Å². The van der Waals surface area contributed by atoms with E-state index < -0.39 is 0 Å². The topological polar surface area (TPSA) is 136 Å². The molecule has 0 radical (unpaired) electrons. The number of thiocarbonyl (C=S) groups is 1. The first-order valence-corrected chi connectivity index (χ1v) is 11.5. The fraction of sp³-hybridized carbons (Fsp3) is 0.308. The van der Waals surface area contributed by atoms with Gasteiger partial charge in [-0.3, -0.25) is 0 Å². The summed E-state index contributed by atoms with van der Waals surface area (Å²) in [6.45, 7) is 8.01. The second-order valence-electron chi connectivity index (χ2n) is 7.66. The maximum absolute atomic E-state index is 9.02. The number of oxime groups is 4. The van der Waals surface area contributed by atoms with E-state index in [1.165, 1.54) is 14.2 Å². The SMILES string of the molecule is CO/N=C(/C#N)c1ccccc1CON=C(C)C.CO/N=C(/C(N)=S)c1ccccc1CON=C(C)C.S. The highest BCUT2D eigenvalue weighted by Crippen LogP contribution is 2.13. The van der Waals surface area contributed by atoms with Gasteiger partial charge in [-0.25, -0.2) is 0 Å². The first-order valence-electron chi connectivity index (χ1n) is 11.1. The largest absolute Gasteiger partial charge is 0.399 e. The molecule has 0 aromatic heterocycles. The van der Waals surface area contributed by atoms with E-state index in [4.69, 9.17) is 37.7 Å². The summed E-state index contributed by atoms with van der Waals surface area (Å²) in [6.07, 6.45) is 0. The van der Waals surface area contributed by atoms with E-state index >= 15 is 0 Å². The predicted octanol–water partition coefficient (Wildman–Crippen LogP) is 4.82. The first kappa shape index (κ1) is 34.1. The molecule has 0 aliphatic carbocycles. The van der Waals surface area contributed by atoms with Crippen LogP contribution in [0.15, 0.2) is 69.2 Å². The predicted molar refractivity (Wildman–Crippen MR) is 160 cm³/mol. The van der Waals surface area contributed by atoms with Gasteiger partial charge in [-0.15, -0.1) is 0 Å². The molecule has 2 rings (SSSR count). The second kappa shape index (κ2) is 19.2. The van der Waals surface area contributed by atoms with Gasteiger partial charge in [0.2, 0.25) is 0 Å². The van der Waals surface area contributed by atoms with E-state index in [2.05, 4.69) is 25.5 Å². The quantitative estimate of drug-likeness (QED) is 0.237. The van der Waals surface area contributed by atoms with Gasteiger partial charge >= 0.3 is 0 Å². The van der Waals surface area contributed by atoms with Crippen LogP contribution in [-0.4, -0.2) is 42.1 Å². The van der Waals surface area contributed by atoms with Crippen LogP contribution in [0.5, 0.6) is 0 Å². The average molecular weight is 559 g/mol. The Balaban J connectivity index is 0.000000703. The molecule has 0 aliphatic rings. The van der Waals surface area contributed by atoms with Crippen molar-refractivity contribution in [2.75, 3.05) is 14.2 Å². The summed E-state index contributed by atoms with van der Waals surface area (Å²) in [6, 6.07) is 16.9. The summed E-state index contributed by atoms with van der Waals surface area (Å²) in [5, 5.41) is 24.3. The lowest BCUT2D eigenvalue weighted by Gasteiger charge is -2.09. The average Bonchev–Trinajstić information content (AvgIpc) is 2.86. The van der Waals surface area contributed by atoms with Crippen LogP contribution in [0, 0.1) is 11.3 Å². The van der Waals surface area contributed by atoms with Crippen molar-refractivity contribution in [1.29, 1.82) is 5.26 Å². The minimum absolute atomic E-state index is 0. The standard InChI is InChI=1S/C13H17N3O2S.C13H15N3O2.H2S/c1-9(2)15-18-8-10-6-4-5-7-11(10)12(13(14)19)16-17-3;1-10(2)15-18-9-11-6-4-5-7-12(11)13(8-14)16-17-3;/h4-7H,8H2,1-3H3,(H2,14,19);4-7H,9H2,1-3H3;1H2/b16-12+;16-13-;. The molecule has 0 saturated carbocycles. The molecular formula is C26H34N6O4S2. The molecule has 0 amide bonds. The minimum atomic E-state index is 0. The number of nitrogens with two attached hydrogens (primary N) is 1. The molecule has 0 fully saturated rings. The molecule has 2 N–H and O–H groups in total. The highest BCUT2D eigenvalue weighted by atomic mass is 32.1. The molecular weight excluding hydrogens is 524 g/mol. The molecule has 2 aromatic rings. The number of hydrogen-bond donors (Lipinski definition) is 1. The Hall–Kier alpha value is -3.95. The third-order valence-corrected chi connectivity index (χ3v) is 4.38. The first-order chi connectivity index (χ1) is 17.7. The fourth-order valence-corrected chi connectivity index (χ4v) is 2.90. The number of rotatable bonds is 11. The molecule has 0 unspecified atom stereocenters. The van der Waals surface area contributed by atoms with Gasteiger partial charge in [0, 0.05) is 22.3 Å². The molecule has 0 spiro atoms. The molecule has 204 valence electrons. The number of nitriles is 1. The van der Waals surface area contributed by atoms with Gasteiger partial charge in [0.15, 0.2) is 5.71 Å². The van der Waals surface area contributed by atoms with Crippen molar-refractivity contribution in [2.45, 2.75) is 40.9 Å². The maximum Gasteiger partial charge on any atom is 0.187 e. The van der Waals surface area contributed by atoms with Gasteiger partial charge in [-0.05, 0) is 27.7 Å². The zero-order valence-electron chi connectivity index (χ0n) is 22.4. The Labute approximate surface area is 236 Å². The lowest BCUT2D eigenvalue weighted by Crippen LogP contribution is -2.23. The summed E-state index contributed by atoms with van der Waals surface area (Å²) in [5.41, 5.74) is 11.2. The molecule has 0 aliphatic heterocycles. The van der Waals surface area contributed by atoms with Crippen LogP contribution in [0.2, 0.25) is 0 Å². The Kier molecular flexibility index (Phi) is 17.2. The van der Waals surface area contributed by atoms with Crippen LogP contribution in [0.4, 0.5) is 0 Å². The lowest BCUT2D eigenvalue weighted by atomic mass is 10.0. The zero-order chi connectivity index (χ0) is 27.6. The highest BCUT2D eigenvalue weighted by Gasteiger charge is 2.13. The number of benzene rings is 2. The highest BCUT2D eigenvalue weighted by molar-refractivity contribution is 7.82. The summed E-state index contributed by atoms with van der Waals surface area (Å²) in [7, 11) is 2.85. The van der Waals surface area contributed by atoms with Crippen molar-refractivity contribution in [2.24, 2.45) is 26.4 Å². The van der Waals surface area contributed by atoms with Crippen molar-refractivity contribution in [3.63, 3.8) is 0 Å². The Morgan fingerprint density at radius 3 is 1.66 bits per heavy atom. The molecule has 0 saturated heterocycles. The lowest BCUT2D eigenvalue weighted by molar-refractivity contribution is 0.130. The molecule has 2 aromatic carbocycles. The van der Waals surface area contributed by atoms with Crippen LogP contribution in [0.3, 0.4) is 0 Å². The molecule has 38 heavy (non-hydrogen) atoms.